The zero-order valence-electron chi connectivity index (χ0n) is 12.7. The number of carbonyl (C=O) groups excluding carboxylic acids is 1. The number of hydrogen-bond donors (Lipinski definition) is 2. The molecule has 5 nitrogen and oxygen atoms in total. The number of nitrogens with zero attached hydrogens (tertiary/aromatic N) is 2. The summed E-state index contributed by atoms with van der Waals surface area (Å²) in [4.78, 5) is 16.9. The van der Waals surface area contributed by atoms with E-state index < -0.39 is 5.41 Å². The molecule has 2 aliphatic carbocycles. The molecule has 5 heteroatoms. The van der Waals surface area contributed by atoms with Crippen molar-refractivity contribution in [2.45, 2.75) is 40.0 Å². The van der Waals surface area contributed by atoms with Crippen molar-refractivity contribution in [3.63, 3.8) is 0 Å². The molecule has 112 valence electrons. The quantitative estimate of drug-likeness (QED) is 0.648. The molecule has 2 saturated carbocycles. The highest BCUT2D eigenvalue weighted by molar-refractivity contribution is 6.06. The smallest absolute Gasteiger partial charge is 0.231 e. The number of aromatic nitrogens is 1. The summed E-state index contributed by atoms with van der Waals surface area (Å²) in [6.45, 7) is 6.34. The Hall–Kier alpha value is -1.91. The molecule has 0 aromatic carbocycles. The molecule has 0 saturated heterocycles. The van der Waals surface area contributed by atoms with Gasteiger partial charge in [0.2, 0.25) is 5.91 Å². The molecule has 2 fully saturated rings. The summed E-state index contributed by atoms with van der Waals surface area (Å²) in [7, 11) is 0. The number of fused-ring (bicyclic) bond motifs is 2. The molecule has 0 spiro atoms. The Morgan fingerprint density at radius 1 is 1.29 bits per heavy atom. The Bertz CT molecular complexity index is 611. The van der Waals surface area contributed by atoms with E-state index in [1.807, 2.05) is 0 Å². The van der Waals surface area contributed by atoms with E-state index in [2.05, 4.69) is 36.2 Å². The number of nitrogens with one attached hydrogen (secondary N) is 1. The summed E-state index contributed by atoms with van der Waals surface area (Å²) in [5.41, 5.74) is 0.551. The van der Waals surface area contributed by atoms with E-state index in [0.29, 0.717) is 6.42 Å². The molecular formula is C16H21N3O2. The van der Waals surface area contributed by atoms with E-state index in [1.54, 1.807) is 24.5 Å². The Morgan fingerprint density at radius 3 is 2.52 bits per heavy atom. The highest BCUT2D eigenvalue weighted by Gasteiger charge is 2.71. The first kappa shape index (κ1) is 14.0. The van der Waals surface area contributed by atoms with Crippen LogP contribution >= 0.6 is 0 Å². The molecular weight excluding hydrogens is 266 g/mol. The van der Waals surface area contributed by atoms with Crippen molar-refractivity contribution in [1.82, 2.24) is 4.98 Å². The minimum absolute atomic E-state index is 0.0149. The van der Waals surface area contributed by atoms with E-state index in [4.69, 9.17) is 0 Å². The molecule has 1 aromatic rings. The number of hydrogen-bond acceptors (Lipinski definition) is 4. The largest absolute Gasteiger partial charge is 0.411 e. The third kappa shape index (κ3) is 1.60. The van der Waals surface area contributed by atoms with Gasteiger partial charge in [-0.05, 0) is 30.4 Å². The number of amides is 1. The molecule has 2 aliphatic rings. The van der Waals surface area contributed by atoms with Crippen LogP contribution in [0.3, 0.4) is 0 Å². The molecule has 1 amide bonds. The summed E-state index contributed by atoms with van der Waals surface area (Å²) in [6, 6.07) is 3.57. The predicted octanol–water partition coefficient (Wildman–Crippen LogP) is 3.07. The first-order chi connectivity index (χ1) is 9.87. The van der Waals surface area contributed by atoms with Gasteiger partial charge >= 0.3 is 0 Å². The predicted molar refractivity (Wildman–Crippen MR) is 80.3 cm³/mol. The summed E-state index contributed by atoms with van der Waals surface area (Å²) in [5, 5.41) is 15.8. The highest BCUT2D eigenvalue weighted by atomic mass is 16.4. The maximum Gasteiger partial charge on any atom is 0.231 e. The van der Waals surface area contributed by atoms with Gasteiger partial charge in [-0.1, -0.05) is 25.9 Å². The highest BCUT2D eigenvalue weighted by Crippen LogP contribution is 2.71. The summed E-state index contributed by atoms with van der Waals surface area (Å²) >= 11 is 0. The second-order valence-corrected chi connectivity index (χ2v) is 6.95. The molecule has 3 rings (SSSR count). The number of carbonyl (C=O) groups is 1. The van der Waals surface area contributed by atoms with Crippen LogP contribution in [0.2, 0.25) is 0 Å². The van der Waals surface area contributed by atoms with Crippen LogP contribution in [-0.4, -0.2) is 21.8 Å². The lowest BCUT2D eigenvalue weighted by molar-refractivity contribution is -0.130. The van der Waals surface area contributed by atoms with Gasteiger partial charge in [0.1, 0.15) is 0 Å². The molecule has 21 heavy (non-hydrogen) atoms. The minimum atomic E-state index is -0.507. The van der Waals surface area contributed by atoms with Crippen LogP contribution in [-0.2, 0) is 4.79 Å². The Morgan fingerprint density at radius 2 is 1.95 bits per heavy atom. The first-order valence-electron chi connectivity index (χ1n) is 7.30. The lowest BCUT2D eigenvalue weighted by Crippen LogP contribution is -2.43. The van der Waals surface area contributed by atoms with Gasteiger partial charge in [0.05, 0.1) is 11.1 Å². The number of oxime groups is 1. The third-order valence-corrected chi connectivity index (χ3v) is 6.23. The van der Waals surface area contributed by atoms with E-state index in [9.17, 15) is 10.0 Å². The summed E-state index contributed by atoms with van der Waals surface area (Å²) < 4.78 is 0. The van der Waals surface area contributed by atoms with Gasteiger partial charge in [-0.25, -0.2) is 0 Å². The van der Waals surface area contributed by atoms with Crippen LogP contribution in [0.15, 0.2) is 29.7 Å². The molecule has 2 atom stereocenters. The van der Waals surface area contributed by atoms with Gasteiger partial charge in [-0.3, -0.25) is 9.78 Å². The monoisotopic (exact) mass is 287 g/mol. The normalized spacial score (nSPS) is 35.1. The second kappa shape index (κ2) is 4.29. The van der Waals surface area contributed by atoms with Crippen LogP contribution in [0.25, 0.3) is 0 Å². The number of anilines is 1. The van der Waals surface area contributed by atoms with Gasteiger partial charge in [0, 0.05) is 29.9 Å². The standard InChI is InChI=1S/C16H21N3O2/c1-14(2)15(3)6-7-16(14,10-12(15)19-21)13(20)18-11-4-8-17-9-5-11/h4-5,8-9,21H,6-7,10H2,1-3H3,(H,17,18,20)/b19-12+. The van der Waals surface area contributed by atoms with Crippen molar-refractivity contribution in [1.29, 1.82) is 0 Å². The van der Waals surface area contributed by atoms with Crippen LogP contribution in [0.4, 0.5) is 5.69 Å². The van der Waals surface area contributed by atoms with Crippen LogP contribution in [0.5, 0.6) is 0 Å². The maximum absolute atomic E-state index is 12.9. The molecule has 0 radical (unpaired) electrons. The fourth-order valence-electron chi connectivity index (χ4n) is 4.22. The molecule has 1 aromatic heterocycles. The van der Waals surface area contributed by atoms with Gasteiger partial charge in [0.15, 0.2) is 0 Å². The Kier molecular flexibility index (Phi) is 2.87. The molecule has 2 N–H and O–H groups in total. The van der Waals surface area contributed by atoms with E-state index in [1.165, 1.54) is 0 Å². The maximum atomic E-state index is 12.9. The fraction of sp³-hybridized carbons (Fsp3) is 0.562. The minimum Gasteiger partial charge on any atom is -0.411 e. The van der Waals surface area contributed by atoms with Crippen LogP contribution in [0, 0.1) is 16.2 Å². The van der Waals surface area contributed by atoms with Crippen LogP contribution < -0.4 is 5.32 Å². The van der Waals surface area contributed by atoms with Crippen molar-refractivity contribution in [3.05, 3.63) is 24.5 Å². The van der Waals surface area contributed by atoms with E-state index in [-0.39, 0.29) is 16.7 Å². The molecule has 2 bridgehead atoms. The number of pyridine rings is 1. The zero-order valence-corrected chi connectivity index (χ0v) is 12.7. The molecule has 0 aliphatic heterocycles. The first-order valence-corrected chi connectivity index (χ1v) is 7.30. The van der Waals surface area contributed by atoms with E-state index >= 15 is 0 Å². The fourth-order valence-corrected chi connectivity index (χ4v) is 4.22. The summed E-state index contributed by atoms with van der Waals surface area (Å²) in [5.74, 6) is 0.0149. The lowest BCUT2D eigenvalue weighted by atomic mass is 9.64. The van der Waals surface area contributed by atoms with Crippen molar-refractivity contribution in [3.8, 4) is 0 Å². The van der Waals surface area contributed by atoms with Crippen molar-refractivity contribution < 1.29 is 10.0 Å². The third-order valence-electron chi connectivity index (χ3n) is 6.23. The average molecular weight is 287 g/mol. The Labute approximate surface area is 124 Å². The number of rotatable bonds is 2. The van der Waals surface area contributed by atoms with Crippen molar-refractivity contribution >= 4 is 17.3 Å². The Balaban J connectivity index is 1.96. The van der Waals surface area contributed by atoms with Crippen molar-refractivity contribution in [2.75, 3.05) is 5.32 Å². The topological polar surface area (TPSA) is 74.6 Å². The van der Waals surface area contributed by atoms with Crippen LogP contribution in [0.1, 0.15) is 40.0 Å². The SMILES string of the molecule is CC12CCC(C(=O)Nc3ccncc3)(C/C1=N\O)C2(C)C. The van der Waals surface area contributed by atoms with Gasteiger partial charge in [0.25, 0.3) is 0 Å². The van der Waals surface area contributed by atoms with E-state index in [0.717, 1.165) is 24.2 Å². The zero-order chi connectivity index (χ0) is 15.3. The summed E-state index contributed by atoms with van der Waals surface area (Å²) in [6.07, 6.45) is 5.55. The van der Waals surface area contributed by atoms with Gasteiger partial charge in [-0.2, -0.15) is 0 Å². The average Bonchev–Trinajstić information content (AvgIpc) is 2.78. The lowest BCUT2D eigenvalue weighted by Gasteiger charge is -2.39. The van der Waals surface area contributed by atoms with Gasteiger partial charge < -0.3 is 10.5 Å². The second-order valence-electron chi connectivity index (χ2n) is 6.95. The molecule has 1 heterocycles. The molecule has 2 unspecified atom stereocenters. The van der Waals surface area contributed by atoms with Gasteiger partial charge in [-0.15, -0.1) is 0 Å². The van der Waals surface area contributed by atoms with Crippen molar-refractivity contribution in [2.24, 2.45) is 21.4 Å².